The van der Waals surface area contributed by atoms with Crippen LogP contribution >= 0.6 is 0 Å². The van der Waals surface area contributed by atoms with Crippen LogP contribution in [0.2, 0.25) is 0 Å². The number of benzene rings is 1. The summed E-state index contributed by atoms with van der Waals surface area (Å²) in [5.41, 5.74) is 2.52. The lowest BCUT2D eigenvalue weighted by Gasteiger charge is -2.31. The number of carbonyl (C=O) groups excluding carboxylic acids is 1. The average molecular weight is 283 g/mol. The van der Waals surface area contributed by atoms with Crippen LogP contribution in [0, 0.1) is 0 Å². The van der Waals surface area contributed by atoms with Crippen molar-refractivity contribution >= 4 is 5.91 Å². The molecule has 0 spiro atoms. The molecule has 1 aliphatic rings. The summed E-state index contributed by atoms with van der Waals surface area (Å²) in [7, 11) is 1.87. The number of nitrogens with zero attached hydrogens (tertiary/aromatic N) is 1. The maximum Gasteiger partial charge on any atom is 0.230 e. The van der Waals surface area contributed by atoms with Gasteiger partial charge in [-0.3, -0.25) is 4.79 Å². The molecule has 3 heteroatoms. The Morgan fingerprint density at radius 1 is 1.29 bits per heavy atom. The lowest BCUT2D eigenvalue weighted by molar-refractivity contribution is -0.134. The number of fused-ring (bicyclic) bond motifs is 1. The largest absolute Gasteiger partial charge is 0.467 e. The Kier molecular flexibility index (Phi) is 3.82. The number of amides is 1. The van der Waals surface area contributed by atoms with Crippen molar-refractivity contribution in [3.63, 3.8) is 0 Å². The van der Waals surface area contributed by atoms with Gasteiger partial charge in [-0.2, -0.15) is 0 Å². The Morgan fingerprint density at radius 2 is 2.10 bits per heavy atom. The molecule has 3 nitrogen and oxygen atoms in total. The zero-order chi connectivity index (χ0) is 14.8. The fourth-order valence-electron chi connectivity index (χ4n) is 3.17. The normalized spacial score (nSPS) is 18.9. The first-order valence-electron chi connectivity index (χ1n) is 7.56. The quantitative estimate of drug-likeness (QED) is 0.855. The highest BCUT2D eigenvalue weighted by atomic mass is 16.3. The van der Waals surface area contributed by atoms with Crippen LogP contribution in [0.4, 0.5) is 0 Å². The van der Waals surface area contributed by atoms with E-state index < -0.39 is 0 Å². The predicted molar refractivity (Wildman–Crippen MR) is 82.0 cm³/mol. The van der Waals surface area contributed by atoms with Crippen LogP contribution in [0.3, 0.4) is 0 Å². The molecular weight excluding hydrogens is 262 g/mol. The van der Waals surface area contributed by atoms with Crippen molar-refractivity contribution in [2.75, 3.05) is 7.05 Å². The zero-order valence-corrected chi connectivity index (χ0v) is 12.6. The second kappa shape index (κ2) is 5.76. The lowest BCUT2D eigenvalue weighted by Crippen LogP contribution is -2.35. The third-order valence-corrected chi connectivity index (χ3v) is 4.55. The van der Waals surface area contributed by atoms with Gasteiger partial charge in [0, 0.05) is 7.05 Å². The van der Waals surface area contributed by atoms with Crippen LogP contribution in [0.15, 0.2) is 47.1 Å². The maximum atomic E-state index is 12.9. The average Bonchev–Trinajstić information content (AvgIpc) is 3.06. The highest BCUT2D eigenvalue weighted by molar-refractivity contribution is 5.84. The second-order valence-electron chi connectivity index (χ2n) is 5.78. The second-order valence-corrected chi connectivity index (χ2v) is 5.78. The SMILES string of the molecule is CC(c1ccco1)N(C)C(=O)C1CCCc2ccccc21. The Labute approximate surface area is 125 Å². The number of hydrogen-bond acceptors (Lipinski definition) is 2. The van der Waals surface area contributed by atoms with E-state index in [1.165, 1.54) is 11.1 Å². The minimum atomic E-state index is -0.0402. The van der Waals surface area contributed by atoms with Crippen molar-refractivity contribution in [1.29, 1.82) is 0 Å². The van der Waals surface area contributed by atoms with Crippen LogP contribution in [0.5, 0.6) is 0 Å². The van der Waals surface area contributed by atoms with Gasteiger partial charge in [-0.25, -0.2) is 0 Å². The fourth-order valence-corrected chi connectivity index (χ4v) is 3.17. The van der Waals surface area contributed by atoms with E-state index in [9.17, 15) is 4.79 Å². The smallest absolute Gasteiger partial charge is 0.230 e. The summed E-state index contributed by atoms with van der Waals surface area (Å²) < 4.78 is 5.43. The molecule has 1 heterocycles. The Hall–Kier alpha value is -2.03. The monoisotopic (exact) mass is 283 g/mol. The Balaban J connectivity index is 1.83. The van der Waals surface area contributed by atoms with E-state index in [-0.39, 0.29) is 17.9 Å². The summed E-state index contributed by atoms with van der Waals surface area (Å²) in [5.74, 6) is 0.998. The number of furan rings is 1. The molecule has 1 aliphatic carbocycles. The fraction of sp³-hybridized carbons (Fsp3) is 0.389. The van der Waals surface area contributed by atoms with Gasteiger partial charge in [0.15, 0.2) is 0 Å². The molecule has 0 fully saturated rings. The first-order valence-corrected chi connectivity index (χ1v) is 7.56. The number of aryl methyl sites for hydroxylation is 1. The molecule has 21 heavy (non-hydrogen) atoms. The van der Waals surface area contributed by atoms with Crippen molar-refractivity contribution in [3.05, 3.63) is 59.5 Å². The summed E-state index contributed by atoms with van der Waals surface area (Å²) in [6.45, 7) is 2.01. The van der Waals surface area contributed by atoms with Crippen LogP contribution in [0.25, 0.3) is 0 Å². The first-order chi connectivity index (χ1) is 10.2. The van der Waals surface area contributed by atoms with Crippen molar-refractivity contribution in [1.82, 2.24) is 4.90 Å². The van der Waals surface area contributed by atoms with Crippen LogP contribution in [-0.4, -0.2) is 17.9 Å². The highest BCUT2D eigenvalue weighted by Gasteiger charge is 2.31. The highest BCUT2D eigenvalue weighted by Crippen LogP contribution is 2.34. The molecule has 2 unspecified atom stereocenters. The van der Waals surface area contributed by atoms with E-state index in [0.29, 0.717) is 0 Å². The Morgan fingerprint density at radius 3 is 2.86 bits per heavy atom. The molecule has 0 bridgehead atoms. The topological polar surface area (TPSA) is 33.5 Å². The van der Waals surface area contributed by atoms with Gasteiger partial charge in [0.25, 0.3) is 0 Å². The van der Waals surface area contributed by atoms with Crippen molar-refractivity contribution in [2.45, 2.75) is 38.1 Å². The Bertz CT molecular complexity index is 618. The van der Waals surface area contributed by atoms with E-state index in [2.05, 4.69) is 18.2 Å². The van der Waals surface area contributed by atoms with Crippen molar-refractivity contribution < 1.29 is 9.21 Å². The van der Waals surface area contributed by atoms with Crippen LogP contribution in [0.1, 0.15) is 48.6 Å². The van der Waals surface area contributed by atoms with Crippen LogP contribution in [-0.2, 0) is 11.2 Å². The number of carbonyl (C=O) groups is 1. The molecule has 2 atom stereocenters. The summed E-state index contributed by atoms with van der Waals surface area (Å²) in [4.78, 5) is 14.7. The molecule has 0 radical (unpaired) electrons. The lowest BCUT2D eigenvalue weighted by atomic mass is 9.82. The minimum Gasteiger partial charge on any atom is -0.467 e. The predicted octanol–water partition coefficient (Wildman–Crippen LogP) is 3.92. The maximum absolute atomic E-state index is 12.9. The van der Waals surface area contributed by atoms with Crippen molar-refractivity contribution in [2.24, 2.45) is 0 Å². The van der Waals surface area contributed by atoms with E-state index in [4.69, 9.17) is 4.42 Å². The van der Waals surface area contributed by atoms with Gasteiger partial charge < -0.3 is 9.32 Å². The molecule has 1 aromatic heterocycles. The number of likely N-dealkylation sites (N-methyl/N-ethyl adjacent to an activating group) is 1. The van der Waals surface area contributed by atoms with Gasteiger partial charge in [0.05, 0.1) is 18.2 Å². The number of rotatable bonds is 3. The van der Waals surface area contributed by atoms with E-state index in [1.54, 1.807) is 6.26 Å². The molecule has 0 saturated heterocycles. The zero-order valence-electron chi connectivity index (χ0n) is 12.6. The standard InChI is InChI=1S/C18H21NO2/c1-13(17-11-6-12-21-17)19(2)18(20)16-10-5-8-14-7-3-4-9-15(14)16/h3-4,6-7,9,11-13,16H,5,8,10H2,1-2H3. The van der Waals surface area contributed by atoms with E-state index >= 15 is 0 Å². The van der Waals surface area contributed by atoms with Gasteiger partial charge >= 0.3 is 0 Å². The first kappa shape index (κ1) is 13.9. The van der Waals surface area contributed by atoms with Crippen molar-refractivity contribution in [3.8, 4) is 0 Å². The van der Waals surface area contributed by atoms with Gasteiger partial charge in [0.2, 0.25) is 5.91 Å². The molecule has 2 aromatic rings. The summed E-state index contributed by atoms with van der Waals surface area (Å²) in [6, 6.07) is 12.1. The molecule has 0 aliphatic heterocycles. The van der Waals surface area contributed by atoms with Gasteiger partial charge in [-0.15, -0.1) is 0 Å². The molecule has 110 valence electrons. The summed E-state index contributed by atoms with van der Waals surface area (Å²) in [5, 5.41) is 0. The third kappa shape index (κ3) is 2.60. The van der Waals surface area contributed by atoms with Gasteiger partial charge in [-0.1, -0.05) is 24.3 Å². The molecular formula is C18H21NO2. The molecule has 1 amide bonds. The van der Waals surface area contributed by atoms with E-state index in [0.717, 1.165) is 25.0 Å². The minimum absolute atomic E-state index is 0.0163. The van der Waals surface area contributed by atoms with Gasteiger partial charge in [-0.05, 0) is 49.4 Å². The van der Waals surface area contributed by atoms with E-state index in [1.807, 2.05) is 37.1 Å². The molecule has 1 aromatic carbocycles. The molecule has 3 rings (SSSR count). The third-order valence-electron chi connectivity index (χ3n) is 4.55. The molecule has 0 N–H and O–H groups in total. The van der Waals surface area contributed by atoms with Gasteiger partial charge in [0.1, 0.15) is 5.76 Å². The molecule has 0 saturated carbocycles. The summed E-state index contributed by atoms with van der Waals surface area (Å²) >= 11 is 0. The summed E-state index contributed by atoms with van der Waals surface area (Å²) in [6.07, 6.45) is 4.75. The van der Waals surface area contributed by atoms with Crippen LogP contribution < -0.4 is 0 Å². The number of hydrogen-bond donors (Lipinski definition) is 0.